The fraction of sp³-hybridized carbons (Fsp3) is 0.167. The summed E-state index contributed by atoms with van der Waals surface area (Å²) in [5, 5.41) is 1.81. The number of hydrogen-bond acceptors (Lipinski definition) is 4. The van der Waals surface area contributed by atoms with Crippen molar-refractivity contribution in [1.29, 1.82) is 0 Å². The Morgan fingerprint density at radius 1 is 0.966 bits per heavy atom. The second-order valence-corrected chi connectivity index (χ2v) is 7.79. The molecule has 146 valence electrons. The van der Waals surface area contributed by atoms with Gasteiger partial charge in [-0.3, -0.25) is 14.5 Å². The predicted octanol–water partition coefficient (Wildman–Crippen LogP) is 5.87. The fourth-order valence-electron chi connectivity index (χ4n) is 3.30. The average Bonchev–Trinajstić information content (AvgIpc) is 3.01. The monoisotopic (exact) mass is 403 g/mol. The van der Waals surface area contributed by atoms with Crippen LogP contribution in [0.3, 0.4) is 0 Å². The highest BCUT2D eigenvalue weighted by Gasteiger charge is 2.35. The summed E-state index contributed by atoms with van der Waals surface area (Å²) >= 11 is 0.980. The van der Waals surface area contributed by atoms with Gasteiger partial charge in [-0.2, -0.15) is 0 Å². The number of carbonyl (C=O) groups excluding carboxylic acids is 2. The Bertz CT molecular complexity index is 1090. The lowest BCUT2D eigenvalue weighted by atomic mass is 10.0. The van der Waals surface area contributed by atoms with E-state index in [9.17, 15) is 9.59 Å². The first-order valence-electron chi connectivity index (χ1n) is 9.61. The molecular weight excluding hydrogens is 382 g/mol. The molecule has 1 aliphatic rings. The van der Waals surface area contributed by atoms with Gasteiger partial charge in [0.25, 0.3) is 11.1 Å². The molecule has 0 unspecified atom stereocenters. The summed E-state index contributed by atoms with van der Waals surface area (Å²) in [4.78, 5) is 27.2. The molecule has 0 saturated carbocycles. The van der Waals surface area contributed by atoms with Crippen molar-refractivity contribution in [3.05, 3.63) is 82.8 Å². The summed E-state index contributed by atoms with van der Waals surface area (Å²) in [6.07, 6.45) is 2.68. The maximum absolute atomic E-state index is 13.0. The Balaban J connectivity index is 1.71. The SMILES string of the molecule is CCCOc1ccc2ccccc2c1/C=C1\SC(=O)N(Cc2ccccc2)C1=O. The zero-order chi connectivity index (χ0) is 20.2. The number of amides is 2. The van der Waals surface area contributed by atoms with Crippen LogP contribution in [0.15, 0.2) is 71.6 Å². The molecule has 0 aliphatic carbocycles. The van der Waals surface area contributed by atoms with E-state index in [1.807, 2.05) is 66.7 Å². The average molecular weight is 404 g/mol. The Labute approximate surface area is 174 Å². The number of nitrogens with zero attached hydrogens (tertiary/aromatic N) is 1. The van der Waals surface area contributed by atoms with Crippen LogP contribution in [-0.2, 0) is 11.3 Å². The summed E-state index contributed by atoms with van der Waals surface area (Å²) in [6.45, 7) is 2.92. The van der Waals surface area contributed by atoms with Crippen LogP contribution in [0.25, 0.3) is 16.8 Å². The van der Waals surface area contributed by atoms with Crippen molar-refractivity contribution in [2.45, 2.75) is 19.9 Å². The van der Waals surface area contributed by atoms with Crippen LogP contribution in [0.5, 0.6) is 5.75 Å². The first-order valence-corrected chi connectivity index (χ1v) is 10.4. The number of fused-ring (bicyclic) bond motifs is 1. The molecule has 4 nitrogen and oxygen atoms in total. The van der Waals surface area contributed by atoms with Gasteiger partial charge < -0.3 is 4.74 Å². The van der Waals surface area contributed by atoms with E-state index in [4.69, 9.17) is 4.74 Å². The van der Waals surface area contributed by atoms with E-state index in [1.54, 1.807) is 6.08 Å². The van der Waals surface area contributed by atoms with Gasteiger partial charge in [0, 0.05) is 5.56 Å². The van der Waals surface area contributed by atoms with E-state index in [2.05, 4.69) is 6.92 Å². The highest BCUT2D eigenvalue weighted by Crippen LogP contribution is 2.37. The molecule has 3 aromatic carbocycles. The minimum atomic E-state index is -0.266. The number of hydrogen-bond donors (Lipinski definition) is 0. The van der Waals surface area contributed by atoms with Crippen LogP contribution in [0, 0.1) is 0 Å². The van der Waals surface area contributed by atoms with Crippen LogP contribution < -0.4 is 4.74 Å². The molecule has 1 aliphatic heterocycles. The molecule has 0 N–H and O–H groups in total. The summed E-state index contributed by atoms with van der Waals surface area (Å²) in [5.41, 5.74) is 1.76. The van der Waals surface area contributed by atoms with E-state index < -0.39 is 0 Å². The quantitative estimate of drug-likeness (QED) is 0.483. The summed E-state index contributed by atoms with van der Waals surface area (Å²) in [6, 6.07) is 21.5. The zero-order valence-corrected chi connectivity index (χ0v) is 16.9. The molecule has 0 bridgehead atoms. The summed E-state index contributed by atoms with van der Waals surface area (Å²) < 4.78 is 5.93. The van der Waals surface area contributed by atoms with E-state index >= 15 is 0 Å². The number of carbonyl (C=O) groups is 2. The first kappa shape index (κ1) is 19.3. The minimum absolute atomic E-state index is 0.249. The van der Waals surface area contributed by atoms with Crippen molar-refractivity contribution in [3.63, 3.8) is 0 Å². The third kappa shape index (κ3) is 4.05. The van der Waals surface area contributed by atoms with E-state index in [-0.39, 0.29) is 17.7 Å². The third-order valence-corrected chi connectivity index (χ3v) is 5.63. The molecule has 0 radical (unpaired) electrons. The van der Waals surface area contributed by atoms with Crippen molar-refractivity contribution in [3.8, 4) is 5.75 Å². The number of imide groups is 1. The lowest BCUT2D eigenvalue weighted by Gasteiger charge is -2.13. The molecule has 1 heterocycles. The summed E-state index contributed by atoms with van der Waals surface area (Å²) in [7, 11) is 0. The van der Waals surface area contributed by atoms with E-state index in [1.165, 1.54) is 4.90 Å². The van der Waals surface area contributed by atoms with Gasteiger partial charge in [0.2, 0.25) is 0 Å². The molecule has 3 aromatic rings. The Morgan fingerprint density at radius 3 is 2.52 bits per heavy atom. The normalized spacial score (nSPS) is 15.5. The van der Waals surface area contributed by atoms with Gasteiger partial charge >= 0.3 is 0 Å². The fourth-order valence-corrected chi connectivity index (χ4v) is 4.12. The third-order valence-electron chi connectivity index (χ3n) is 4.72. The maximum atomic E-state index is 13.0. The van der Waals surface area contributed by atoms with Gasteiger partial charge in [0.15, 0.2) is 0 Å². The van der Waals surface area contributed by atoms with Crippen LogP contribution in [0.4, 0.5) is 4.79 Å². The Morgan fingerprint density at radius 2 is 1.72 bits per heavy atom. The van der Waals surface area contributed by atoms with Gasteiger partial charge in [-0.1, -0.05) is 67.6 Å². The minimum Gasteiger partial charge on any atom is -0.493 e. The smallest absolute Gasteiger partial charge is 0.293 e. The summed E-state index contributed by atoms with van der Waals surface area (Å²) in [5.74, 6) is 0.457. The second kappa shape index (κ2) is 8.53. The molecule has 5 heteroatoms. The molecule has 4 rings (SSSR count). The van der Waals surface area contributed by atoms with Gasteiger partial charge in [0.1, 0.15) is 5.75 Å². The van der Waals surface area contributed by atoms with Gasteiger partial charge in [-0.25, -0.2) is 0 Å². The number of ether oxygens (including phenoxy) is 1. The second-order valence-electron chi connectivity index (χ2n) is 6.80. The van der Waals surface area contributed by atoms with Gasteiger partial charge in [0.05, 0.1) is 18.1 Å². The molecule has 1 fully saturated rings. The Kier molecular flexibility index (Phi) is 5.67. The molecule has 0 spiro atoms. The first-order chi connectivity index (χ1) is 14.2. The lowest BCUT2D eigenvalue weighted by molar-refractivity contribution is -0.123. The largest absolute Gasteiger partial charge is 0.493 e. The number of rotatable bonds is 6. The molecular formula is C24H21NO3S. The highest BCUT2D eigenvalue weighted by atomic mass is 32.2. The highest BCUT2D eigenvalue weighted by molar-refractivity contribution is 8.18. The Hall–Kier alpha value is -3.05. The number of benzene rings is 3. The standard InChI is InChI=1S/C24H21NO3S/c1-2-14-28-21-13-12-18-10-6-7-11-19(18)20(21)15-22-23(26)25(24(27)29-22)16-17-8-4-3-5-9-17/h3-13,15H,2,14,16H2,1H3/b22-15-. The lowest BCUT2D eigenvalue weighted by Crippen LogP contribution is -2.27. The van der Waals surface area contributed by atoms with Crippen LogP contribution in [-0.4, -0.2) is 22.7 Å². The van der Waals surface area contributed by atoms with Crippen LogP contribution in [0.2, 0.25) is 0 Å². The number of thioether (sulfide) groups is 1. The van der Waals surface area contributed by atoms with Crippen LogP contribution in [0.1, 0.15) is 24.5 Å². The van der Waals surface area contributed by atoms with Gasteiger partial charge in [-0.15, -0.1) is 0 Å². The molecule has 29 heavy (non-hydrogen) atoms. The molecule has 0 atom stereocenters. The van der Waals surface area contributed by atoms with Crippen molar-refractivity contribution in [2.75, 3.05) is 6.61 Å². The predicted molar refractivity (Wildman–Crippen MR) is 118 cm³/mol. The van der Waals surface area contributed by atoms with E-state index in [0.717, 1.165) is 45.8 Å². The molecule has 0 aromatic heterocycles. The topological polar surface area (TPSA) is 46.6 Å². The zero-order valence-electron chi connectivity index (χ0n) is 16.1. The van der Waals surface area contributed by atoms with Crippen molar-refractivity contribution in [2.24, 2.45) is 0 Å². The molecule has 1 saturated heterocycles. The maximum Gasteiger partial charge on any atom is 0.293 e. The van der Waals surface area contributed by atoms with Crippen molar-refractivity contribution < 1.29 is 14.3 Å². The van der Waals surface area contributed by atoms with Crippen molar-refractivity contribution >= 4 is 39.8 Å². The van der Waals surface area contributed by atoms with Gasteiger partial charge in [-0.05, 0) is 46.7 Å². The van der Waals surface area contributed by atoms with E-state index in [0.29, 0.717) is 11.5 Å². The molecule has 2 amide bonds. The van der Waals surface area contributed by atoms with Crippen molar-refractivity contribution in [1.82, 2.24) is 4.90 Å². The van der Waals surface area contributed by atoms with Crippen LogP contribution >= 0.6 is 11.8 Å².